The third kappa shape index (κ3) is 5.71. The topological polar surface area (TPSA) is 61.4 Å². The van der Waals surface area contributed by atoms with Crippen LogP contribution in [0.5, 0.6) is 0 Å². The van der Waals surface area contributed by atoms with Crippen LogP contribution in [0.25, 0.3) is 0 Å². The van der Waals surface area contributed by atoms with Crippen molar-refractivity contribution in [2.75, 3.05) is 19.7 Å². The summed E-state index contributed by atoms with van der Waals surface area (Å²) in [4.78, 5) is 12.6. The summed E-state index contributed by atoms with van der Waals surface area (Å²) in [7, 11) is 0. The molecule has 1 saturated carbocycles. The average Bonchev–Trinajstić information content (AvgIpc) is 3.08. The van der Waals surface area contributed by atoms with Gasteiger partial charge in [0, 0.05) is 19.2 Å². The van der Waals surface area contributed by atoms with Gasteiger partial charge in [0.05, 0.1) is 4.88 Å². The summed E-state index contributed by atoms with van der Waals surface area (Å²) in [6, 6.07) is 4.34. The normalized spacial score (nSPS) is 21.7. The smallest absolute Gasteiger partial charge is 0.261 e. The second-order valence-electron chi connectivity index (χ2n) is 6.06. The number of rotatable bonds is 9. The maximum atomic E-state index is 11.8. The van der Waals surface area contributed by atoms with Crippen LogP contribution in [0.2, 0.25) is 0 Å². The Morgan fingerprint density at radius 2 is 2.14 bits per heavy atom. The molecule has 0 spiro atoms. The van der Waals surface area contributed by atoms with Crippen molar-refractivity contribution in [2.24, 2.45) is 5.92 Å². The van der Waals surface area contributed by atoms with Gasteiger partial charge in [-0.2, -0.15) is 0 Å². The van der Waals surface area contributed by atoms with Crippen molar-refractivity contribution in [1.29, 1.82) is 0 Å². The first-order valence-corrected chi connectivity index (χ1v) is 9.35. The van der Waals surface area contributed by atoms with E-state index in [1.54, 1.807) is 0 Å². The van der Waals surface area contributed by atoms with Gasteiger partial charge in [-0.15, -0.1) is 11.3 Å². The summed E-state index contributed by atoms with van der Waals surface area (Å²) in [5.41, 5.74) is 0. The molecule has 4 nitrogen and oxygen atoms in total. The average molecular weight is 324 g/mol. The van der Waals surface area contributed by atoms with Crippen LogP contribution in [-0.4, -0.2) is 36.8 Å². The highest BCUT2D eigenvalue weighted by Crippen LogP contribution is 2.27. The van der Waals surface area contributed by atoms with Crippen molar-refractivity contribution < 1.29 is 9.90 Å². The second kappa shape index (κ2) is 9.98. The van der Waals surface area contributed by atoms with Gasteiger partial charge in [0.2, 0.25) is 0 Å². The summed E-state index contributed by atoms with van der Waals surface area (Å²) in [6.07, 6.45) is 8.17. The monoisotopic (exact) mass is 324 g/mol. The Bertz CT molecular complexity index is 422. The maximum absolute atomic E-state index is 11.8. The van der Waals surface area contributed by atoms with E-state index in [4.69, 9.17) is 5.11 Å². The first-order chi connectivity index (χ1) is 10.8. The van der Waals surface area contributed by atoms with Crippen LogP contribution in [0.3, 0.4) is 0 Å². The van der Waals surface area contributed by atoms with Gasteiger partial charge in [-0.05, 0) is 56.0 Å². The fourth-order valence-corrected chi connectivity index (χ4v) is 3.89. The Labute approximate surface area is 137 Å². The summed E-state index contributed by atoms with van der Waals surface area (Å²) in [5, 5.41) is 17.5. The third-order valence-corrected chi connectivity index (χ3v) is 5.30. The molecule has 0 saturated heterocycles. The highest BCUT2D eigenvalue weighted by atomic mass is 32.1. The van der Waals surface area contributed by atoms with E-state index in [2.05, 4.69) is 10.6 Å². The molecule has 3 N–H and O–H groups in total. The van der Waals surface area contributed by atoms with Crippen LogP contribution in [0.15, 0.2) is 17.5 Å². The minimum Gasteiger partial charge on any atom is -0.396 e. The molecule has 1 fully saturated rings. The minimum absolute atomic E-state index is 0.0356. The third-order valence-electron chi connectivity index (χ3n) is 4.43. The first kappa shape index (κ1) is 17.4. The Balaban J connectivity index is 1.59. The predicted octanol–water partition coefficient (Wildman–Crippen LogP) is 2.79. The summed E-state index contributed by atoms with van der Waals surface area (Å²) >= 11 is 1.48. The number of carbonyl (C=O) groups is 1. The van der Waals surface area contributed by atoms with E-state index in [9.17, 15) is 4.79 Å². The highest BCUT2D eigenvalue weighted by Gasteiger charge is 2.23. The molecule has 124 valence electrons. The Hall–Kier alpha value is -0.910. The zero-order valence-corrected chi connectivity index (χ0v) is 14.0. The number of amides is 1. The van der Waals surface area contributed by atoms with Crippen LogP contribution in [0.4, 0.5) is 0 Å². The SMILES string of the molecule is O=C(NCCCNC1CCCCC1CCCO)c1cccs1. The molecule has 22 heavy (non-hydrogen) atoms. The Morgan fingerprint density at radius 3 is 2.91 bits per heavy atom. The van der Waals surface area contributed by atoms with Gasteiger partial charge in [0.25, 0.3) is 5.91 Å². The molecule has 1 aromatic rings. The highest BCUT2D eigenvalue weighted by molar-refractivity contribution is 7.12. The lowest BCUT2D eigenvalue weighted by molar-refractivity contribution is 0.0957. The van der Waals surface area contributed by atoms with Crippen molar-refractivity contribution in [3.05, 3.63) is 22.4 Å². The predicted molar refractivity (Wildman–Crippen MR) is 91.3 cm³/mol. The van der Waals surface area contributed by atoms with Gasteiger partial charge in [-0.3, -0.25) is 4.79 Å². The van der Waals surface area contributed by atoms with E-state index in [0.29, 0.717) is 18.6 Å². The number of aliphatic hydroxyl groups is 1. The van der Waals surface area contributed by atoms with Crippen molar-refractivity contribution >= 4 is 17.2 Å². The number of aliphatic hydroxyl groups excluding tert-OH is 1. The quantitative estimate of drug-likeness (QED) is 0.612. The zero-order valence-electron chi connectivity index (χ0n) is 13.2. The largest absolute Gasteiger partial charge is 0.396 e. The molecule has 5 heteroatoms. The molecule has 1 amide bonds. The molecule has 2 unspecified atom stereocenters. The summed E-state index contributed by atoms with van der Waals surface area (Å²) < 4.78 is 0. The lowest BCUT2D eigenvalue weighted by Crippen LogP contribution is -2.40. The van der Waals surface area contributed by atoms with Crippen molar-refractivity contribution in [1.82, 2.24) is 10.6 Å². The molecule has 1 aliphatic carbocycles. The Morgan fingerprint density at radius 1 is 1.27 bits per heavy atom. The number of carbonyl (C=O) groups excluding carboxylic acids is 1. The molecular formula is C17H28N2O2S. The van der Waals surface area contributed by atoms with Crippen LogP contribution in [-0.2, 0) is 0 Å². The van der Waals surface area contributed by atoms with Gasteiger partial charge < -0.3 is 15.7 Å². The molecule has 1 aliphatic rings. The van der Waals surface area contributed by atoms with Crippen molar-refractivity contribution in [3.8, 4) is 0 Å². The standard InChI is InChI=1S/C17H28N2O2S/c20-12-3-7-14-6-1-2-8-15(14)18-10-5-11-19-17(21)16-9-4-13-22-16/h4,9,13-15,18,20H,1-3,5-8,10-12H2,(H,19,21). The molecule has 0 bridgehead atoms. The van der Waals surface area contributed by atoms with Crippen molar-refractivity contribution in [3.63, 3.8) is 0 Å². The number of hydrogen-bond donors (Lipinski definition) is 3. The number of thiophene rings is 1. The van der Waals surface area contributed by atoms with Crippen molar-refractivity contribution in [2.45, 2.75) is 51.0 Å². The molecule has 1 aromatic heterocycles. The van der Waals surface area contributed by atoms with Gasteiger partial charge in [0.1, 0.15) is 0 Å². The molecule has 0 radical (unpaired) electrons. The van der Waals surface area contributed by atoms with Crippen LogP contribution in [0.1, 0.15) is 54.6 Å². The molecule has 0 aromatic carbocycles. The summed E-state index contributed by atoms with van der Waals surface area (Å²) in [6.45, 7) is 1.97. The van der Waals surface area contributed by atoms with Gasteiger partial charge in [0.15, 0.2) is 0 Å². The molecule has 2 rings (SSSR count). The van der Waals surface area contributed by atoms with Gasteiger partial charge >= 0.3 is 0 Å². The first-order valence-electron chi connectivity index (χ1n) is 8.47. The number of nitrogens with one attached hydrogen (secondary N) is 2. The second-order valence-corrected chi connectivity index (χ2v) is 7.01. The molecule has 1 heterocycles. The zero-order chi connectivity index (χ0) is 15.6. The van der Waals surface area contributed by atoms with Crippen LogP contribution in [0, 0.1) is 5.92 Å². The Kier molecular flexibility index (Phi) is 7.91. The van der Waals surface area contributed by atoms with Gasteiger partial charge in [-0.25, -0.2) is 0 Å². The fourth-order valence-electron chi connectivity index (χ4n) is 3.25. The minimum atomic E-state index is 0.0356. The van der Waals surface area contributed by atoms with Gasteiger partial charge in [-0.1, -0.05) is 18.9 Å². The lowest BCUT2D eigenvalue weighted by Gasteiger charge is -2.32. The van der Waals surface area contributed by atoms with E-state index in [0.717, 1.165) is 37.2 Å². The molecule has 2 atom stereocenters. The van der Waals surface area contributed by atoms with Crippen LogP contribution >= 0.6 is 11.3 Å². The van der Waals surface area contributed by atoms with E-state index in [-0.39, 0.29) is 5.91 Å². The molecule has 0 aliphatic heterocycles. The van der Waals surface area contributed by atoms with E-state index in [1.807, 2.05) is 17.5 Å². The van der Waals surface area contributed by atoms with E-state index in [1.165, 1.54) is 37.0 Å². The summed E-state index contributed by atoms with van der Waals surface area (Å²) in [5.74, 6) is 0.745. The molecular weight excluding hydrogens is 296 g/mol. The maximum Gasteiger partial charge on any atom is 0.261 e. The van der Waals surface area contributed by atoms with Crippen LogP contribution < -0.4 is 10.6 Å². The fraction of sp³-hybridized carbons (Fsp3) is 0.706. The van der Waals surface area contributed by atoms with E-state index < -0.39 is 0 Å². The number of hydrogen-bond acceptors (Lipinski definition) is 4. The lowest BCUT2D eigenvalue weighted by atomic mass is 9.81. The van der Waals surface area contributed by atoms with E-state index >= 15 is 0 Å².